The van der Waals surface area contributed by atoms with Gasteiger partial charge in [-0.1, -0.05) is 54.6 Å². The third-order valence-corrected chi connectivity index (χ3v) is 8.13. The third kappa shape index (κ3) is 10.4. The molecule has 0 spiro atoms. The van der Waals surface area contributed by atoms with Crippen molar-refractivity contribution in [1.82, 2.24) is 16.0 Å². The van der Waals surface area contributed by atoms with Crippen LogP contribution in [-0.2, 0) is 35.6 Å². The van der Waals surface area contributed by atoms with Gasteiger partial charge < -0.3 is 40.7 Å². The molecule has 3 atom stereocenters. The molecule has 0 heterocycles. The lowest BCUT2D eigenvalue weighted by atomic mass is 9.95. The molecule has 2 amide bonds. The molecule has 47 heavy (non-hydrogen) atoms. The van der Waals surface area contributed by atoms with Crippen LogP contribution in [0, 0.1) is 5.92 Å². The van der Waals surface area contributed by atoms with E-state index in [0.717, 1.165) is 22.3 Å². The first kappa shape index (κ1) is 35.2. The topological polar surface area (TPSA) is 149 Å². The highest BCUT2D eigenvalue weighted by Crippen LogP contribution is 2.28. The fraction of sp³-hybridized carbons (Fsp3) is 0.351. The van der Waals surface area contributed by atoms with Crippen molar-refractivity contribution in [3.8, 4) is 17.2 Å². The zero-order chi connectivity index (χ0) is 33.8. The van der Waals surface area contributed by atoms with Crippen molar-refractivity contribution in [3.05, 3.63) is 112 Å². The van der Waals surface area contributed by atoms with E-state index < -0.39 is 6.10 Å². The largest absolute Gasteiger partial charge is 0.508 e. The maximum atomic E-state index is 12.7. The highest BCUT2D eigenvalue weighted by atomic mass is 16.5. The SMILES string of the molecule is COc1ccc(CNC(=O)C2C=CC(CNC(=O)Cc3cccc(C[C@@H](C)NC[C@H](O)c4ccc(O)c(CO)c4)c3)=CC2)cc1OC. The van der Waals surface area contributed by atoms with Gasteiger partial charge in [0.05, 0.1) is 39.3 Å². The standard InChI is InChI=1S/C37H45N3O7/c1-24(38-22-33(43)30-12-13-32(42)31(19-30)23-41)15-26-5-4-6-27(16-26)18-36(44)39-20-25-7-10-29(11-8-25)37(45)40-21-28-9-14-34(46-2)35(17-28)47-3/h4-10,12-14,16-17,19,24,29,33,38,41-43H,11,15,18,20-23H2,1-3H3,(H,39,44)(H,40,45)/t24-,29?,33+/m1/s1. The van der Waals surface area contributed by atoms with Gasteiger partial charge in [0.15, 0.2) is 11.5 Å². The van der Waals surface area contributed by atoms with Crippen LogP contribution in [0.25, 0.3) is 0 Å². The zero-order valence-electron chi connectivity index (χ0n) is 27.2. The van der Waals surface area contributed by atoms with E-state index in [0.29, 0.717) is 55.1 Å². The summed E-state index contributed by atoms with van der Waals surface area (Å²) in [6.45, 7) is 2.81. The van der Waals surface area contributed by atoms with Gasteiger partial charge in [0.25, 0.3) is 0 Å². The molecule has 0 saturated heterocycles. The van der Waals surface area contributed by atoms with Crippen molar-refractivity contribution in [1.29, 1.82) is 0 Å². The van der Waals surface area contributed by atoms with Crippen molar-refractivity contribution >= 4 is 11.8 Å². The van der Waals surface area contributed by atoms with E-state index in [1.54, 1.807) is 26.4 Å². The van der Waals surface area contributed by atoms with Crippen molar-refractivity contribution < 1.29 is 34.4 Å². The number of hydrogen-bond donors (Lipinski definition) is 6. The Labute approximate surface area is 276 Å². The van der Waals surface area contributed by atoms with Crippen LogP contribution in [0.15, 0.2) is 84.5 Å². The molecule has 0 saturated carbocycles. The number of carbonyl (C=O) groups is 2. The first-order valence-corrected chi connectivity index (χ1v) is 15.7. The van der Waals surface area contributed by atoms with Crippen molar-refractivity contribution in [3.63, 3.8) is 0 Å². The van der Waals surface area contributed by atoms with Crippen molar-refractivity contribution in [2.24, 2.45) is 5.92 Å². The number of aromatic hydroxyl groups is 1. The van der Waals surface area contributed by atoms with Crippen LogP contribution in [0.5, 0.6) is 17.2 Å². The maximum absolute atomic E-state index is 12.7. The van der Waals surface area contributed by atoms with Crippen molar-refractivity contribution in [2.45, 2.75) is 51.5 Å². The van der Waals surface area contributed by atoms with Crippen LogP contribution < -0.4 is 25.4 Å². The highest BCUT2D eigenvalue weighted by molar-refractivity contribution is 5.81. The zero-order valence-corrected chi connectivity index (χ0v) is 27.2. The second kappa shape index (κ2) is 17.3. The van der Waals surface area contributed by atoms with Gasteiger partial charge in [-0.3, -0.25) is 9.59 Å². The molecule has 250 valence electrons. The summed E-state index contributed by atoms with van der Waals surface area (Å²) >= 11 is 0. The molecular formula is C37H45N3O7. The second-order valence-electron chi connectivity index (χ2n) is 11.7. The number of nitrogens with one attached hydrogen (secondary N) is 3. The number of hydrogen-bond acceptors (Lipinski definition) is 8. The summed E-state index contributed by atoms with van der Waals surface area (Å²) in [6.07, 6.45) is 6.49. The second-order valence-corrected chi connectivity index (χ2v) is 11.7. The molecule has 0 fully saturated rings. The Bertz CT molecular complexity index is 1590. The average molecular weight is 644 g/mol. The molecule has 3 aromatic carbocycles. The lowest BCUT2D eigenvalue weighted by molar-refractivity contribution is -0.124. The summed E-state index contributed by atoms with van der Waals surface area (Å²) in [6, 6.07) is 18.2. The number of methoxy groups -OCH3 is 2. The quantitative estimate of drug-likeness (QED) is 0.139. The van der Waals surface area contributed by atoms with E-state index in [2.05, 4.69) is 16.0 Å². The summed E-state index contributed by atoms with van der Waals surface area (Å²) < 4.78 is 10.6. The smallest absolute Gasteiger partial charge is 0.227 e. The molecule has 0 aliphatic heterocycles. The monoisotopic (exact) mass is 643 g/mol. The van der Waals surface area contributed by atoms with Crippen molar-refractivity contribution in [2.75, 3.05) is 27.3 Å². The number of phenols is 1. The van der Waals surface area contributed by atoms with Gasteiger partial charge >= 0.3 is 0 Å². The number of aliphatic hydroxyl groups excluding tert-OH is 2. The van der Waals surface area contributed by atoms with Gasteiger partial charge in [-0.2, -0.15) is 0 Å². The van der Waals surface area contributed by atoms with E-state index in [-0.39, 0.29) is 42.6 Å². The molecular weight excluding hydrogens is 598 g/mol. The van der Waals surface area contributed by atoms with Gasteiger partial charge in [0, 0.05) is 31.2 Å². The van der Waals surface area contributed by atoms with E-state index in [9.17, 15) is 24.9 Å². The molecule has 10 nitrogen and oxygen atoms in total. The predicted molar refractivity (Wildman–Crippen MR) is 180 cm³/mol. The van der Waals surface area contributed by atoms with Crippen LogP contribution in [0.4, 0.5) is 0 Å². The van der Waals surface area contributed by atoms with E-state index in [1.165, 1.54) is 6.07 Å². The van der Waals surface area contributed by atoms with Crippen LogP contribution in [0.3, 0.4) is 0 Å². The number of amides is 2. The summed E-state index contributed by atoms with van der Waals surface area (Å²) in [7, 11) is 3.16. The number of carbonyl (C=O) groups excluding carboxylic acids is 2. The van der Waals surface area contributed by atoms with Crippen LogP contribution in [0.1, 0.15) is 47.3 Å². The Kier molecular flexibility index (Phi) is 13.0. The molecule has 6 N–H and O–H groups in total. The molecule has 0 radical (unpaired) electrons. The lowest BCUT2D eigenvalue weighted by Gasteiger charge is -2.18. The molecule has 1 aliphatic rings. The first-order chi connectivity index (χ1) is 22.7. The van der Waals surface area contributed by atoms with E-state index in [1.807, 2.05) is 67.6 Å². The number of rotatable bonds is 16. The van der Waals surface area contributed by atoms with E-state index in [4.69, 9.17) is 9.47 Å². The molecule has 10 heteroatoms. The summed E-state index contributed by atoms with van der Waals surface area (Å²) in [5.41, 5.74) is 4.84. The van der Waals surface area contributed by atoms with Gasteiger partial charge in [-0.05, 0) is 71.9 Å². The van der Waals surface area contributed by atoms with Gasteiger partial charge in [-0.15, -0.1) is 0 Å². The normalized spacial score (nSPS) is 15.3. The molecule has 1 aliphatic carbocycles. The van der Waals surface area contributed by atoms with Gasteiger partial charge in [-0.25, -0.2) is 0 Å². The Hall–Kier alpha value is -4.64. The Morgan fingerprint density at radius 3 is 2.45 bits per heavy atom. The number of ether oxygens (including phenoxy) is 2. The molecule has 4 rings (SSSR count). The summed E-state index contributed by atoms with van der Waals surface area (Å²) in [4.78, 5) is 25.5. The van der Waals surface area contributed by atoms with Crippen LogP contribution in [-0.4, -0.2) is 60.5 Å². The minimum atomic E-state index is -0.786. The molecule has 1 unspecified atom stereocenters. The highest BCUT2D eigenvalue weighted by Gasteiger charge is 2.18. The fourth-order valence-corrected chi connectivity index (χ4v) is 5.41. The molecule has 0 aromatic heterocycles. The first-order valence-electron chi connectivity index (χ1n) is 15.7. The fourth-order valence-electron chi connectivity index (χ4n) is 5.41. The summed E-state index contributed by atoms with van der Waals surface area (Å²) in [5.74, 6) is 0.822. The Morgan fingerprint density at radius 2 is 1.72 bits per heavy atom. The lowest BCUT2D eigenvalue weighted by Crippen LogP contribution is -2.32. The minimum absolute atomic E-state index is 0.000434. The Balaban J connectivity index is 1.17. The average Bonchev–Trinajstić information content (AvgIpc) is 3.09. The van der Waals surface area contributed by atoms with Crippen LogP contribution >= 0.6 is 0 Å². The van der Waals surface area contributed by atoms with Gasteiger partial charge in [0.1, 0.15) is 5.75 Å². The number of allylic oxidation sites excluding steroid dienone is 1. The van der Waals surface area contributed by atoms with E-state index >= 15 is 0 Å². The maximum Gasteiger partial charge on any atom is 0.227 e. The third-order valence-electron chi connectivity index (χ3n) is 8.13. The number of aliphatic hydroxyl groups is 2. The van der Waals surface area contributed by atoms with Gasteiger partial charge in [0.2, 0.25) is 11.8 Å². The van der Waals surface area contributed by atoms with Crippen LogP contribution in [0.2, 0.25) is 0 Å². The Morgan fingerprint density at radius 1 is 0.936 bits per heavy atom. The number of benzene rings is 3. The molecule has 3 aromatic rings. The molecule has 0 bridgehead atoms. The predicted octanol–water partition coefficient (Wildman–Crippen LogP) is 3.63. The summed E-state index contributed by atoms with van der Waals surface area (Å²) in [5, 5.41) is 39.0. The minimum Gasteiger partial charge on any atom is -0.508 e.